The van der Waals surface area contributed by atoms with Crippen molar-refractivity contribution in [3.8, 4) is 0 Å². The number of hydrogen-bond acceptors (Lipinski definition) is 6. The summed E-state index contributed by atoms with van der Waals surface area (Å²) in [6.45, 7) is 2.80. The molecule has 1 saturated carbocycles. The van der Waals surface area contributed by atoms with E-state index in [1.807, 2.05) is 5.01 Å². The van der Waals surface area contributed by atoms with Crippen molar-refractivity contribution in [2.45, 2.75) is 32.2 Å². The molecule has 0 unspecified atom stereocenters. The standard InChI is InChI=1S/C18H20FN7O/c1-2-8-25(24-12-5-6-12)17-9-14(13(19)10-20-17)23-18(27)15-11-21-16-4-3-7-22-26(15)16/h3-4,7,9-12,24H,2,5-6,8H2,1H3,(H,20,23,27). The van der Waals surface area contributed by atoms with Crippen LogP contribution in [0.2, 0.25) is 0 Å². The Balaban J connectivity index is 1.58. The van der Waals surface area contributed by atoms with Crippen molar-refractivity contribution >= 4 is 23.1 Å². The van der Waals surface area contributed by atoms with Gasteiger partial charge in [0, 0.05) is 24.8 Å². The second-order valence-corrected chi connectivity index (χ2v) is 6.47. The first kappa shape index (κ1) is 17.3. The van der Waals surface area contributed by atoms with Gasteiger partial charge in [0.15, 0.2) is 17.2 Å². The summed E-state index contributed by atoms with van der Waals surface area (Å²) in [4.78, 5) is 20.9. The molecule has 4 rings (SSSR count). The van der Waals surface area contributed by atoms with Gasteiger partial charge in [0.2, 0.25) is 0 Å². The van der Waals surface area contributed by atoms with Gasteiger partial charge in [0.25, 0.3) is 5.91 Å². The number of carbonyl (C=O) groups is 1. The van der Waals surface area contributed by atoms with Gasteiger partial charge in [-0.2, -0.15) is 5.10 Å². The fourth-order valence-corrected chi connectivity index (χ4v) is 2.74. The lowest BCUT2D eigenvalue weighted by molar-refractivity contribution is 0.102. The summed E-state index contributed by atoms with van der Waals surface area (Å²) < 4.78 is 15.7. The third-order valence-corrected chi connectivity index (χ3v) is 4.24. The molecule has 0 bridgehead atoms. The van der Waals surface area contributed by atoms with Crippen molar-refractivity contribution < 1.29 is 9.18 Å². The number of aromatic nitrogens is 4. The number of amides is 1. The predicted molar refractivity (Wildman–Crippen MR) is 98.9 cm³/mol. The van der Waals surface area contributed by atoms with Gasteiger partial charge >= 0.3 is 0 Å². The summed E-state index contributed by atoms with van der Waals surface area (Å²) in [7, 11) is 0. The first-order chi connectivity index (χ1) is 13.2. The largest absolute Gasteiger partial charge is 0.318 e. The summed E-state index contributed by atoms with van der Waals surface area (Å²) in [5.41, 5.74) is 4.21. The normalized spacial score (nSPS) is 13.7. The SMILES string of the molecule is CCCN(NC1CC1)c1cc(NC(=O)c2cnc3cccnn23)c(F)cn1. The van der Waals surface area contributed by atoms with Crippen LogP contribution in [-0.2, 0) is 0 Å². The lowest BCUT2D eigenvalue weighted by atomic mass is 10.3. The Labute approximate surface area is 155 Å². The Morgan fingerprint density at radius 1 is 1.37 bits per heavy atom. The van der Waals surface area contributed by atoms with E-state index in [4.69, 9.17) is 0 Å². The lowest BCUT2D eigenvalue weighted by Gasteiger charge is -2.24. The molecule has 0 spiro atoms. The first-order valence-electron chi connectivity index (χ1n) is 8.95. The molecule has 1 amide bonds. The Bertz CT molecular complexity index is 969. The molecule has 27 heavy (non-hydrogen) atoms. The fourth-order valence-electron chi connectivity index (χ4n) is 2.74. The van der Waals surface area contributed by atoms with Crippen LogP contribution in [0.25, 0.3) is 5.65 Å². The van der Waals surface area contributed by atoms with E-state index in [0.29, 0.717) is 17.5 Å². The van der Waals surface area contributed by atoms with E-state index < -0.39 is 11.7 Å². The number of fused-ring (bicyclic) bond motifs is 1. The number of carbonyl (C=O) groups excluding carboxylic acids is 1. The minimum Gasteiger partial charge on any atom is -0.318 e. The van der Waals surface area contributed by atoms with E-state index in [1.54, 1.807) is 18.3 Å². The molecular weight excluding hydrogens is 349 g/mol. The van der Waals surface area contributed by atoms with Gasteiger partial charge < -0.3 is 5.32 Å². The molecule has 3 heterocycles. The second kappa shape index (κ2) is 7.28. The summed E-state index contributed by atoms with van der Waals surface area (Å²) in [6, 6.07) is 5.44. The number of hydrazine groups is 1. The van der Waals surface area contributed by atoms with Crippen molar-refractivity contribution in [3.05, 3.63) is 48.3 Å². The van der Waals surface area contributed by atoms with E-state index in [2.05, 4.69) is 32.7 Å². The number of hydrogen-bond donors (Lipinski definition) is 2. The maximum atomic E-state index is 14.3. The van der Waals surface area contributed by atoms with E-state index in [9.17, 15) is 9.18 Å². The molecule has 0 aromatic carbocycles. The van der Waals surface area contributed by atoms with Gasteiger partial charge in [-0.15, -0.1) is 0 Å². The van der Waals surface area contributed by atoms with Gasteiger partial charge in [0.05, 0.1) is 18.1 Å². The zero-order chi connectivity index (χ0) is 18.8. The van der Waals surface area contributed by atoms with Gasteiger partial charge in [0.1, 0.15) is 5.82 Å². The number of rotatable bonds is 7. The number of anilines is 2. The van der Waals surface area contributed by atoms with Crippen LogP contribution in [0.3, 0.4) is 0 Å². The molecule has 1 aliphatic rings. The Kier molecular flexibility index (Phi) is 4.68. The zero-order valence-electron chi connectivity index (χ0n) is 14.9. The first-order valence-corrected chi connectivity index (χ1v) is 8.95. The smallest absolute Gasteiger partial charge is 0.276 e. The third-order valence-electron chi connectivity index (χ3n) is 4.24. The molecule has 0 saturated heterocycles. The van der Waals surface area contributed by atoms with Crippen LogP contribution in [0.4, 0.5) is 15.9 Å². The van der Waals surface area contributed by atoms with Gasteiger partial charge in [-0.1, -0.05) is 6.92 Å². The predicted octanol–water partition coefficient (Wildman–Crippen LogP) is 2.40. The van der Waals surface area contributed by atoms with Gasteiger partial charge in [-0.05, 0) is 31.4 Å². The summed E-state index contributed by atoms with van der Waals surface area (Å²) >= 11 is 0. The van der Waals surface area contributed by atoms with E-state index in [1.165, 1.54) is 16.8 Å². The van der Waals surface area contributed by atoms with Crippen LogP contribution in [0.5, 0.6) is 0 Å². The minimum absolute atomic E-state index is 0.0644. The number of nitrogens with one attached hydrogen (secondary N) is 2. The Hall–Kier alpha value is -3.07. The van der Waals surface area contributed by atoms with Gasteiger partial charge in [-0.25, -0.2) is 24.3 Å². The number of imidazole rings is 1. The quantitative estimate of drug-likeness (QED) is 0.622. The van der Waals surface area contributed by atoms with Crippen molar-refractivity contribution in [1.82, 2.24) is 25.0 Å². The summed E-state index contributed by atoms with van der Waals surface area (Å²) in [5.74, 6) is -0.525. The van der Waals surface area contributed by atoms with Crippen molar-refractivity contribution in [1.29, 1.82) is 0 Å². The minimum atomic E-state index is -0.600. The van der Waals surface area contributed by atoms with Crippen LogP contribution in [-0.4, -0.2) is 38.1 Å². The molecule has 2 N–H and O–H groups in total. The average Bonchev–Trinajstić information content (AvgIpc) is 3.38. The van der Waals surface area contributed by atoms with E-state index in [0.717, 1.165) is 32.0 Å². The summed E-state index contributed by atoms with van der Waals surface area (Å²) in [6.07, 6.45) is 7.24. The molecular formula is C18H20FN7O. The molecule has 3 aromatic rings. The molecule has 3 aromatic heterocycles. The topological polar surface area (TPSA) is 87.5 Å². The van der Waals surface area contributed by atoms with E-state index >= 15 is 0 Å². The molecule has 9 heteroatoms. The van der Waals surface area contributed by atoms with Crippen molar-refractivity contribution in [2.75, 3.05) is 16.9 Å². The highest BCUT2D eigenvalue weighted by atomic mass is 19.1. The molecule has 1 aliphatic carbocycles. The molecule has 0 aliphatic heterocycles. The van der Waals surface area contributed by atoms with E-state index in [-0.39, 0.29) is 11.4 Å². The van der Waals surface area contributed by atoms with Crippen LogP contribution in [0, 0.1) is 5.82 Å². The molecule has 8 nitrogen and oxygen atoms in total. The molecule has 1 fully saturated rings. The Morgan fingerprint density at radius 3 is 3.00 bits per heavy atom. The fraction of sp³-hybridized carbons (Fsp3) is 0.333. The highest BCUT2D eigenvalue weighted by Crippen LogP contribution is 2.24. The maximum absolute atomic E-state index is 14.3. The van der Waals surface area contributed by atoms with Crippen LogP contribution < -0.4 is 15.8 Å². The molecule has 140 valence electrons. The zero-order valence-corrected chi connectivity index (χ0v) is 14.9. The third kappa shape index (κ3) is 3.72. The molecule has 0 radical (unpaired) electrons. The maximum Gasteiger partial charge on any atom is 0.276 e. The van der Waals surface area contributed by atoms with Crippen LogP contribution >= 0.6 is 0 Å². The highest BCUT2D eigenvalue weighted by molar-refractivity contribution is 6.03. The van der Waals surface area contributed by atoms with Crippen LogP contribution in [0.15, 0.2) is 36.8 Å². The lowest BCUT2D eigenvalue weighted by Crippen LogP contribution is -2.40. The van der Waals surface area contributed by atoms with Crippen molar-refractivity contribution in [2.24, 2.45) is 0 Å². The van der Waals surface area contributed by atoms with Crippen LogP contribution in [0.1, 0.15) is 36.7 Å². The summed E-state index contributed by atoms with van der Waals surface area (Å²) in [5, 5.41) is 8.61. The Morgan fingerprint density at radius 2 is 2.22 bits per heavy atom. The van der Waals surface area contributed by atoms with Crippen molar-refractivity contribution in [3.63, 3.8) is 0 Å². The monoisotopic (exact) mass is 369 g/mol. The highest BCUT2D eigenvalue weighted by Gasteiger charge is 2.24. The number of nitrogens with zero attached hydrogens (tertiary/aromatic N) is 5. The van der Waals surface area contributed by atoms with Gasteiger partial charge in [-0.3, -0.25) is 9.80 Å². The second-order valence-electron chi connectivity index (χ2n) is 6.47. The molecule has 0 atom stereocenters. The number of halogens is 1. The average molecular weight is 369 g/mol. The number of pyridine rings is 1.